The molecule has 3 heteroatoms. The van der Waals surface area contributed by atoms with Gasteiger partial charge in [-0.2, -0.15) is 0 Å². The van der Waals surface area contributed by atoms with Crippen molar-refractivity contribution in [2.24, 2.45) is 0 Å². The number of aryl methyl sites for hydroxylation is 2. The third-order valence-corrected chi connectivity index (χ3v) is 3.93. The van der Waals surface area contributed by atoms with Crippen molar-refractivity contribution in [3.8, 4) is 0 Å². The Morgan fingerprint density at radius 2 is 2.00 bits per heavy atom. The first kappa shape index (κ1) is 13.4. The molecule has 0 bridgehead atoms. The lowest BCUT2D eigenvalue weighted by atomic mass is 10.2. The molecule has 2 nitrogen and oxygen atoms in total. The van der Waals surface area contributed by atoms with Crippen molar-refractivity contribution in [2.45, 2.75) is 38.6 Å². The third kappa shape index (κ3) is 4.06. The van der Waals surface area contributed by atoms with E-state index in [2.05, 4.69) is 25.2 Å². The van der Waals surface area contributed by atoms with Gasteiger partial charge >= 0.3 is 0 Å². The van der Waals surface area contributed by atoms with E-state index in [1.807, 2.05) is 26.0 Å². The minimum atomic E-state index is -0.884. The molecule has 0 aliphatic heterocycles. The van der Waals surface area contributed by atoms with Gasteiger partial charge in [0.2, 0.25) is 0 Å². The van der Waals surface area contributed by atoms with Crippen LogP contribution in [0.2, 0.25) is 0 Å². The van der Waals surface area contributed by atoms with E-state index in [-0.39, 0.29) is 0 Å². The van der Waals surface area contributed by atoms with Gasteiger partial charge in [0.1, 0.15) is 0 Å². The van der Waals surface area contributed by atoms with Gasteiger partial charge in [0.05, 0.1) is 10.8 Å². The second-order valence-electron chi connectivity index (χ2n) is 4.43. The molecule has 1 atom stereocenters. The highest BCUT2D eigenvalue weighted by molar-refractivity contribution is 7.85. The van der Waals surface area contributed by atoms with E-state index >= 15 is 0 Å². The van der Waals surface area contributed by atoms with Crippen LogP contribution >= 0.6 is 0 Å². The smallest absolute Gasteiger partial charge is 0.0545 e. The van der Waals surface area contributed by atoms with Crippen LogP contribution in [0.15, 0.2) is 23.1 Å². The van der Waals surface area contributed by atoms with Crippen LogP contribution in [0.1, 0.15) is 25.0 Å². The molecular weight excluding hydrogens is 218 g/mol. The highest BCUT2D eigenvalue weighted by atomic mass is 32.2. The highest BCUT2D eigenvalue weighted by Crippen LogP contribution is 2.14. The molecule has 1 aromatic carbocycles. The van der Waals surface area contributed by atoms with Gasteiger partial charge in [-0.1, -0.05) is 26.0 Å². The molecule has 90 valence electrons. The van der Waals surface area contributed by atoms with Crippen molar-refractivity contribution in [2.75, 3.05) is 12.3 Å². The van der Waals surface area contributed by atoms with E-state index in [1.165, 1.54) is 5.56 Å². The molecule has 0 spiro atoms. The fraction of sp³-hybridized carbons (Fsp3) is 0.538. The maximum absolute atomic E-state index is 12.1. The summed E-state index contributed by atoms with van der Waals surface area (Å²) in [4.78, 5) is 0.977. The average molecular weight is 239 g/mol. The SMILES string of the molecule is Cc1ccc(C)c(S(=O)CCNC(C)C)c1. The maximum atomic E-state index is 12.1. The van der Waals surface area contributed by atoms with Gasteiger partial charge in [-0.15, -0.1) is 0 Å². The van der Waals surface area contributed by atoms with Gasteiger partial charge < -0.3 is 5.32 Å². The van der Waals surface area contributed by atoms with Crippen LogP contribution in [-0.2, 0) is 10.8 Å². The standard InChI is InChI=1S/C13H21NOS/c1-10(2)14-7-8-16(15)13-9-11(3)5-6-12(13)4/h5-6,9-10,14H,7-8H2,1-4H3. The molecule has 1 rings (SSSR count). The normalized spacial score (nSPS) is 13.1. The molecule has 0 amide bonds. The molecule has 0 heterocycles. The lowest BCUT2D eigenvalue weighted by molar-refractivity contribution is 0.610. The maximum Gasteiger partial charge on any atom is 0.0545 e. The molecule has 1 unspecified atom stereocenters. The summed E-state index contributed by atoms with van der Waals surface area (Å²) in [5, 5.41) is 3.29. The molecular formula is C13H21NOS. The monoisotopic (exact) mass is 239 g/mol. The van der Waals surface area contributed by atoms with Crippen LogP contribution in [0, 0.1) is 13.8 Å². The number of hydrogen-bond donors (Lipinski definition) is 1. The Balaban J connectivity index is 2.62. The minimum absolute atomic E-state index is 0.454. The Hall–Kier alpha value is -0.670. The summed E-state index contributed by atoms with van der Waals surface area (Å²) in [6.45, 7) is 9.05. The first-order valence-electron chi connectivity index (χ1n) is 5.69. The van der Waals surface area contributed by atoms with Crippen molar-refractivity contribution < 1.29 is 4.21 Å². The van der Waals surface area contributed by atoms with E-state index in [0.717, 1.165) is 17.0 Å². The zero-order valence-electron chi connectivity index (χ0n) is 10.5. The predicted octanol–water partition coefficient (Wildman–Crippen LogP) is 2.41. The van der Waals surface area contributed by atoms with Crippen LogP contribution in [-0.4, -0.2) is 22.5 Å². The third-order valence-electron chi connectivity index (χ3n) is 2.43. The number of rotatable bonds is 5. The number of nitrogens with one attached hydrogen (secondary N) is 1. The molecule has 0 radical (unpaired) electrons. The minimum Gasteiger partial charge on any atom is -0.314 e. The molecule has 0 saturated carbocycles. The van der Waals surface area contributed by atoms with Crippen LogP contribution in [0.25, 0.3) is 0 Å². The van der Waals surface area contributed by atoms with Crippen LogP contribution in [0.5, 0.6) is 0 Å². The second kappa shape index (κ2) is 6.16. The van der Waals surface area contributed by atoms with Crippen molar-refractivity contribution in [3.05, 3.63) is 29.3 Å². The summed E-state index contributed by atoms with van der Waals surface area (Å²) in [7, 11) is -0.884. The summed E-state index contributed by atoms with van der Waals surface area (Å²) in [5.41, 5.74) is 2.29. The summed E-state index contributed by atoms with van der Waals surface area (Å²) in [6, 6.07) is 6.58. The van der Waals surface area contributed by atoms with Gasteiger partial charge in [-0.3, -0.25) is 4.21 Å². The lowest BCUT2D eigenvalue weighted by Crippen LogP contribution is -2.27. The summed E-state index contributed by atoms with van der Waals surface area (Å²) in [5.74, 6) is 0.683. The van der Waals surface area contributed by atoms with Gasteiger partial charge in [-0.25, -0.2) is 0 Å². The molecule has 0 aliphatic rings. The van der Waals surface area contributed by atoms with E-state index in [4.69, 9.17) is 0 Å². The molecule has 16 heavy (non-hydrogen) atoms. The molecule has 0 fully saturated rings. The summed E-state index contributed by atoms with van der Waals surface area (Å²) >= 11 is 0. The van der Waals surface area contributed by atoms with E-state index in [1.54, 1.807) is 0 Å². The fourth-order valence-electron chi connectivity index (χ4n) is 1.50. The second-order valence-corrected chi connectivity index (χ2v) is 5.97. The Morgan fingerprint density at radius 1 is 1.31 bits per heavy atom. The Bertz CT molecular complexity index is 374. The summed E-state index contributed by atoms with van der Waals surface area (Å²) in [6.07, 6.45) is 0. The van der Waals surface area contributed by atoms with E-state index < -0.39 is 10.8 Å². The van der Waals surface area contributed by atoms with Gasteiger partial charge in [0.25, 0.3) is 0 Å². The molecule has 1 aromatic rings. The first-order chi connectivity index (χ1) is 7.50. The first-order valence-corrected chi connectivity index (χ1v) is 7.01. The van der Waals surface area contributed by atoms with E-state index in [9.17, 15) is 4.21 Å². The van der Waals surface area contributed by atoms with Crippen molar-refractivity contribution >= 4 is 10.8 Å². The van der Waals surface area contributed by atoms with Crippen LogP contribution < -0.4 is 5.32 Å². The summed E-state index contributed by atoms with van der Waals surface area (Å²) < 4.78 is 12.1. The zero-order valence-corrected chi connectivity index (χ0v) is 11.4. The largest absolute Gasteiger partial charge is 0.314 e. The zero-order chi connectivity index (χ0) is 12.1. The Kier molecular flexibility index (Phi) is 5.16. The topological polar surface area (TPSA) is 29.1 Å². The Morgan fingerprint density at radius 3 is 2.62 bits per heavy atom. The molecule has 0 aliphatic carbocycles. The number of benzene rings is 1. The van der Waals surface area contributed by atoms with E-state index in [0.29, 0.717) is 11.8 Å². The number of hydrogen-bond acceptors (Lipinski definition) is 2. The predicted molar refractivity (Wildman–Crippen MR) is 70.3 cm³/mol. The van der Waals surface area contributed by atoms with Gasteiger partial charge in [0, 0.05) is 23.2 Å². The molecule has 1 N–H and O–H groups in total. The molecule has 0 aromatic heterocycles. The van der Waals surface area contributed by atoms with Gasteiger partial charge in [-0.05, 0) is 31.0 Å². The fourth-order valence-corrected chi connectivity index (χ4v) is 2.77. The van der Waals surface area contributed by atoms with Crippen LogP contribution in [0.4, 0.5) is 0 Å². The van der Waals surface area contributed by atoms with Crippen molar-refractivity contribution in [3.63, 3.8) is 0 Å². The lowest BCUT2D eigenvalue weighted by Gasteiger charge is -2.09. The van der Waals surface area contributed by atoms with Crippen LogP contribution in [0.3, 0.4) is 0 Å². The Labute approximate surface area is 101 Å². The molecule has 0 saturated heterocycles. The highest BCUT2D eigenvalue weighted by Gasteiger charge is 2.07. The average Bonchev–Trinajstić information content (AvgIpc) is 2.21. The van der Waals surface area contributed by atoms with Gasteiger partial charge in [0.15, 0.2) is 0 Å². The quantitative estimate of drug-likeness (QED) is 0.855. The van der Waals surface area contributed by atoms with Crippen molar-refractivity contribution in [1.29, 1.82) is 0 Å². The van der Waals surface area contributed by atoms with Crippen molar-refractivity contribution in [1.82, 2.24) is 5.32 Å².